The van der Waals surface area contributed by atoms with Gasteiger partial charge in [0.25, 0.3) is 0 Å². The zero-order valence-electron chi connectivity index (χ0n) is 22.1. The molecular formula is C27H34N2O7S. The number of carbonyl (C=O) groups is 4. The summed E-state index contributed by atoms with van der Waals surface area (Å²) in [6, 6.07) is 6.46. The van der Waals surface area contributed by atoms with Gasteiger partial charge in [-0.1, -0.05) is 12.1 Å². The second kappa shape index (κ2) is 11.0. The number of benzene rings is 1. The monoisotopic (exact) mass is 530 g/mol. The molecule has 200 valence electrons. The predicted octanol–water partition coefficient (Wildman–Crippen LogP) is 4.15. The first kappa shape index (κ1) is 28.3. The van der Waals surface area contributed by atoms with Crippen molar-refractivity contribution in [3.05, 3.63) is 51.2 Å². The number of rotatable bonds is 7. The molecule has 1 aliphatic rings. The van der Waals surface area contributed by atoms with Gasteiger partial charge in [-0.05, 0) is 71.7 Å². The smallest absolute Gasteiger partial charge is 0.410 e. The maximum absolute atomic E-state index is 13.1. The largest absolute Gasteiger partial charge is 0.482 e. The van der Waals surface area contributed by atoms with Gasteiger partial charge in [-0.2, -0.15) is 0 Å². The van der Waals surface area contributed by atoms with Crippen LogP contribution in [0.2, 0.25) is 0 Å². The highest BCUT2D eigenvalue weighted by atomic mass is 32.1. The zero-order chi connectivity index (χ0) is 27.5. The van der Waals surface area contributed by atoms with E-state index < -0.39 is 40.9 Å². The van der Waals surface area contributed by atoms with Gasteiger partial charge >= 0.3 is 12.1 Å². The number of carbonyl (C=O) groups excluding carboxylic acids is 4. The third-order valence-electron chi connectivity index (χ3n) is 5.22. The van der Waals surface area contributed by atoms with E-state index in [1.54, 1.807) is 43.9 Å². The van der Waals surface area contributed by atoms with Crippen LogP contribution in [0.5, 0.6) is 5.75 Å². The highest BCUT2D eigenvalue weighted by Crippen LogP contribution is 2.30. The average Bonchev–Trinajstić information content (AvgIpc) is 3.23. The third-order valence-corrected chi connectivity index (χ3v) is 6.47. The first-order valence-corrected chi connectivity index (χ1v) is 12.8. The van der Waals surface area contributed by atoms with Crippen molar-refractivity contribution in [2.24, 2.45) is 5.73 Å². The topological polar surface area (TPSA) is 125 Å². The third kappa shape index (κ3) is 7.87. The molecule has 0 radical (unpaired) electrons. The molecule has 1 aromatic carbocycles. The number of ether oxygens (including phenoxy) is 3. The number of esters is 1. The first-order chi connectivity index (χ1) is 17.1. The van der Waals surface area contributed by atoms with Crippen LogP contribution in [0.4, 0.5) is 4.79 Å². The number of Topliss-reactive ketones (excluding diaryl/α,β-unsaturated/α-hetero) is 2. The molecule has 0 spiro atoms. The van der Waals surface area contributed by atoms with Crippen molar-refractivity contribution >= 4 is 35.0 Å². The summed E-state index contributed by atoms with van der Waals surface area (Å²) in [4.78, 5) is 53.4. The van der Waals surface area contributed by atoms with Crippen molar-refractivity contribution in [3.63, 3.8) is 0 Å². The van der Waals surface area contributed by atoms with Gasteiger partial charge in [0.1, 0.15) is 23.0 Å². The lowest BCUT2D eigenvalue weighted by molar-refractivity contribution is -0.157. The highest BCUT2D eigenvalue weighted by Gasteiger charge is 2.31. The van der Waals surface area contributed by atoms with E-state index in [-0.39, 0.29) is 17.9 Å². The number of fused-ring (bicyclic) bond motifs is 1. The lowest BCUT2D eigenvalue weighted by Gasteiger charge is -2.29. The van der Waals surface area contributed by atoms with Crippen molar-refractivity contribution in [2.45, 2.75) is 71.8 Å². The molecule has 1 amide bonds. The molecule has 2 aromatic rings. The van der Waals surface area contributed by atoms with E-state index >= 15 is 0 Å². The minimum Gasteiger partial charge on any atom is -0.482 e. The van der Waals surface area contributed by atoms with Crippen molar-refractivity contribution in [1.29, 1.82) is 0 Å². The van der Waals surface area contributed by atoms with Crippen molar-refractivity contribution in [1.82, 2.24) is 4.90 Å². The summed E-state index contributed by atoms with van der Waals surface area (Å²) < 4.78 is 16.1. The number of nitrogens with zero attached hydrogens (tertiary/aromatic N) is 1. The van der Waals surface area contributed by atoms with Crippen LogP contribution in [-0.2, 0) is 27.2 Å². The molecule has 1 atom stereocenters. The molecule has 1 aliphatic heterocycles. The van der Waals surface area contributed by atoms with Crippen LogP contribution in [0.15, 0.2) is 30.3 Å². The molecule has 9 nitrogen and oxygen atoms in total. The Bertz CT molecular complexity index is 1190. The Labute approximate surface area is 220 Å². The second-order valence-corrected chi connectivity index (χ2v) is 12.0. The summed E-state index contributed by atoms with van der Waals surface area (Å²) in [6.07, 6.45) is 0.185. The van der Waals surface area contributed by atoms with E-state index in [0.717, 1.165) is 10.4 Å². The fraction of sp³-hybridized carbons (Fsp3) is 0.481. The number of nitrogens with two attached hydrogens (primary N) is 1. The molecule has 0 aliphatic carbocycles. The van der Waals surface area contributed by atoms with E-state index in [4.69, 9.17) is 19.9 Å². The van der Waals surface area contributed by atoms with Gasteiger partial charge in [-0.3, -0.25) is 9.59 Å². The molecular weight excluding hydrogens is 496 g/mol. The van der Waals surface area contributed by atoms with E-state index in [2.05, 4.69) is 0 Å². The Morgan fingerprint density at radius 3 is 2.32 bits per heavy atom. The summed E-state index contributed by atoms with van der Waals surface area (Å²) in [7, 11) is 0. The molecule has 2 heterocycles. The Hall–Kier alpha value is -3.24. The minimum atomic E-state index is -1.40. The van der Waals surface area contributed by atoms with E-state index in [0.29, 0.717) is 24.4 Å². The lowest BCUT2D eigenvalue weighted by atomic mass is 10.00. The number of ketones is 2. The highest BCUT2D eigenvalue weighted by molar-refractivity contribution is 7.14. The van der Waals surface area contributed by atoms with Gasteiger partial charge in [0.15, 0.2) is 18.2 Å². The molecule has 10 heteroatoms. The van der Waals surface area contributed by atoms with E-state index in [1.165, 1.54) is 23.5 Å². The van der Waals surface area contributed by atoms with E-state index in [1.807, 2.05) is 20.8 Å². The molecule has 2 N–H and O–H groups in total. The van der Waals surface area contributed by atoms with Crippen LogP contribution in [0, 0.1) is 0 Å². The fourth-order valence-electron chi connectivity index (χ4n) is 3.64. The van der Waals surface area contributed by atoms with Crippen molar-refractivity contribution in [2.75, 3.05) is 13.2 Å². The Kier molecular flexibility index (Phi) is 8.44. The number of amides is 1. The van der Waals surface area contributed by atoms with Crippen LogP contribution in [0.3, 0.4) is 0 Å². The molecule has 0 bridgehead atoms. The molecule has 1 aromatic heterocycles. The van der Waals surface area contributed by atoms with Crippen LogP contribution < -0.4 is 10.5 Å². The fourth-order valence-corrected chi connectivity index (χ4v) is 4.78. The zero-order valence-corrected chi connectivity index (χ0v) is 22.9. The summed E-state index contributed by atoms with van der Waals surface area (Å²) >= 11 is 1.29. The predicted molar refractivity (Wildman–Crippen MR) is 139 cm³/mol. The summed E-state index contributed by atoms with van der Waals surface area (Å²) in [5.74, 6) is -1.31. The first-order valence-electron chi connectivity index (χ1n) is 12.0. The summed E-state index contributed by atoms with van der Waals surface area (Å²) in [5.41, 5.74) is 5.88. The standard InChI is InChI=1S/C27H34N2O7S/c1-26(2,3)35-21(30)15-34-18-9-7-8-16(12-18)23(31)22(28)24(32)20-13-17-14-29(11-10-19(17)37-20)25(33)36-27(4,5)6/h7-9,12-13,22H,10-11,14-15,28H2,1-6H3. The summed E-state index contributed by atoms with van der Waals surface area (Å²) in [5, 5.41) is 0. The normalized spacial score (nSPS) is 14.4. The van der Waals surface area contributed by atoms with Gasteiger partial charge in [0.2, 0.25) is 0 Å². The maximum atomic E-state index is 13.1. The molecule has 0 fully saturated rings. The Morgan fingerprint density at radius 1 is 1.00 bits per heavy atom. The molecule has 0 saturated heterocycles. The van der Waals surface area contributed by atoms with Gasteiger partial charge in [0.05, 0.1) is 11.4 Å². The number of hydrogen-bond donors (Lipinski definition) is 1. The van der Waals surface area contributed by atoms with Gasteiger partial charge in [-0.25, -0.2) is 9.59 Å². The van der Waals surface area contributed by atoms with Gasteiger partial charge in [-0.15, -0.1) is 11.3 Å². The van der Waals surface area contributed by atoms with Crippen molar-refractivity contribution < 1.29 is 33.4 Å². The van der Waals surface area contributed by atoms with E-state index in [9.17, 15) is 19.2 Å². The molecule has 1 unspecified atom stereocenters. The quantitative estimate of drug-likeness (QED) is 0.321. The second-order valence-electron chi connectivity index (χ2n) is 10.8. The maximum Gasteiger partial charge on any atom is 0.410 e. The van der Waals surface area contributed by atoms with Crippen LogP contribution >= 0.6 is 11.3 Å². The van der Waals surface area contributed by atoms with Crippen LogP contribution in [0.25, 0.3) is 0 Å². The number of thiophene rings is 1. The summed E-state index contributed by atoms with van der Waals surface area (Å²) in [6.45, 7) is 11.2. The van der Waals surface area contributed by atoms with Crippen molar-refractivity contribution in [3.8, 4) is 5.75 Å². The van der Waals surface area contributed by atoms with Crippen LogP contribution in [0.1, 0.15) is 72.0 Å². The Balaban J connectivity index is 1.65. The molecule has 3 rings (SSSR count). The lowest BCUT2D eigenvalue weighted by Crippen LogP contribution is -2.39. The molecule has 0 saturated carbocycles. The van der Waals surface area contributed by atoms with Gasteiger partial charge in [0, 0.05) is 17.0 Å². The van der Waals surface area contributed by atoms with Crippen LogP contribution in [-0.4, -0.2) is 58.9 Å². The minimum absolute atomic E-state index is 0.194. The SMILES string of the molecule is CC(C)(C)OC(=O)COc1cccc(C(=O)C(N)C(=O)c2cc3c(s2)CCN(C(=O)OC(C)(C)C)C3)c1. The van der Waals surface area contributed by atoms with Gasteiger partial charge < -0.3 is 24.8 Å². The molecule has 37 heavy (non-hydrogen) atoms. The number of hydrogen-bond acceptors (Lipinski definition) is 9. The average molecular weight is 531 g/mol. The Morgan fingerprint density at radius 2 is 1.68 bits per heavy atom.